The summed E-state index contributed by atoms with van der Waals surface area (Å²) in [6.45, 7) is 0.158. The molecule has 0 saturated heterocycles. The van der Waals surface area contributed by atoms with Crippen molar-refractivity contribution < 1.29 is 15.3 Å². The first-order chi connectivity index (χ1) is 6.69. The van der Waals surface area contributed by atoms with Crippen molar-refractivity contribution in [2.45, 2.75) is 19.1 Å². The van der Waals surface area contributed by atoms with E-state index in [0.717, 1.165) is 0 Å². The zero-order chi connectivity index (χ0) is 10.6. The van der Waals surface area contributed by atoms with E-state index in [0.29, 0.717) is 24.1 Å². The predicted molar refractivity (Wildman–Crippen MR) is 52.7 cm³/mol. The van der Waals surface area contributed by atoms with Gasteiger partial charge in [0.15, 0.2) is 0 Å². The highest BCUT2D eigenvalue weighted by molar-refractivity contribution is 5.36. The van der Waals surface area contributed by atoms with Crippen molar-refractivity contribution in [3.8, 4) is 5.75 Å². The minimum absolute atomic E-state index is 0.0381. The monoisotopic (exact) mass is 197 g/mol. The zero-order valence-electron chi connectivity index (χ0n) is 7.85. The van der Waals surface area contributed by atoms with E-state index >= 15 is 0 Å². The van der Waals surface area contributed by atoms with Gasteiger partial charge in [-0.3, -0.25) is 0 Å². The molecule has 14 heavy (non-hydrogen) atoms. The quantitative estimate of drug-likeness (QED) is 0.558. The van der Waals surface area contributed by atoms with Crippen molar-refractivity contribution >= 4 is 0 Å². The summed E-state index contributed by atoms with van der Waals surface area (Å²) < 4.78 is 0. The maximum Gasteiger partial charge on any atom is 0.121 e. The van der Waals surface area contributed by atoms with Crippen LogP contribution in [0.15, 0.2) is 18.2 Å². The van der Waals surface area contributed by atoms with Crippen LogP contribution in [0.25, 0.3) is 0 Å². The van der Waals surface area contributed by atoms with Crippen LogP contribution < -0.4 is 5.73 Å². The maximum absolute atomic E-state index is 9.59. The molecule has 0 fully saturated rings. The van der Waals surface area contributed by atoms with E-state index in [1.165, 1.54) is 6.07 Å². The Morgan fingerprint density at radius 3 is 2.64 bits per heavy atom. The molecule has 1 unspecified atom stereocenters. The second-order valence-corrected chi connectivity index (χ2v) is 3.14. The standard InChI is InChI=1S/C10H15NO3/c11-4-3-10(14)7-1-2-9(13)8(5-7)6-12/h1-2,5,10,12-14H,3-4,6,11H2. The molecule has 1 atom stereocenters. The molecule has 5 N–H and O–H groups in total. The Morgan fingerprint density at radius 2 is 2.07 bits per heavy atom. The van der Waals surface area contributed by atoms with Gasteiger partial charge in [-0.2, -0.15) is 0 Å². The van der Waals surface area contributed by atoms with Gasteiger partial charge in [-0.15, -0.1) is 0 Å². The molecule has 0 spiro atoms. The Hall–Kier alpha value is -1.10. The number of rotatable bonds is 4. The van der Waals surface area contributed by atoms with Crippen LogP contribution in [0, 0.1) is 0 Å². The van der Waals surface area contributed by atoms with Gasteiger partial charge in [-0.25, -0.2) is 0 Å². The molecule has 0 radical (unpaired) electrons. The lowest BCUT2D eigenvalue weighted by Gasteiger charge is -2.11. The minimum Gasteiger partial charge on any atom is -0.508 e. The lowest BCUT2D eigenvalue weighted by atomic mass is 10.0. The van der Waals surface area contributed by atoms with Crippen molar-refractivity contribution in [3.63, 3.8) is 0 Å². The largest absolute Gasteiger partial charge is 0.508 e. The first-order valence-electron chi connectivity index (χ1n) is 4.49. The van der Waals surface area contributed by atoms with Crippen LogP contribution in [0.1, 0.15) is 23.7 Å². The number of hydrogen-bond acceptors (Lipinski definition) is 4. The fourth-order valence-electron chi connectivity index (χ4n) is 1.26. The van der Waals surface area contributed by atoms with Crippen LogP contribution in [0.2, 0.25) is 0 Å². The van der Waals surface area contributed by atoms with Crippen LogP contribution in [-0.4, -0.2) is 21.9 Å². The first kappa shape index (κ1) is 11.0. The number of aromatic hydroxyl groups is 1. The fourth-order valence-corrected chi connectivity index (χ4v) is 1.26. The summed E-state index contributed by atoms with van der Waals surface area (Å²) in [7, 11) is 0. The maximum atomic E-state index is 9.59. The molecule has 4 nitrogen and oxygen atoms in total. The summed E-state index contributed by atoms with van der Waals surface area (Å²) in [5.41, 5.74) is 6.39. The van der Waals surface area contributed by atoms with E-state index in [1.54, 1.807) is 12.1 Å². The van der Waals surface area contributed by atoms with Crippen molar-refractivity contribution in [2.75, 3.05) is 6.54 Å². The molecule has 0 amide bonds. The molecule has 4 heteroatoms. The molecule has 1 rings (SSSR count). The Balaban J connectivity index is 2.88. The van der Waals surface area contributed by atoms with Crippen LogP contribution in [0.3, 0.4) is 0 Å². The van der Waals surface area contributed by atoms with E-state index in [-0.39, 0.29) is 12.4 Å². The molecule has 0 bridgehead atoms. The van der Waals surface area contributed by atoms with Gasteiger partial charge in [0.05, 0.1) is 12.7 Å². The minimum atomic E-state index is -0.633. The normalized spacial score (nSPS) is 12.8. The van der Waals surface area contributed by atoms with E-state index in [2.05, 4.69) is 0 Å². The highest BCUT2D eigenvalue weighted by atomic mass is 16.3. The first-order valence-corrected chi connectivity index (χ1v) is 4.49. The molecule has 0 aliphatic heterocycles. The predicted octanol–water partition coefficient (Wildman–Crippen LogP) is 0.267. The molecule has 0 heterocycles. The van der Waals surface area contributed by atoms with Gasteiger partial charge in [-0.1, -0.05) is 6.07 Å². The fraction of sp³-hybridized carbons (Fsp3) is 0.400. The summed E-state index contributed by atoms with van der Waals surface area (Å²) in [6.07, 6.45) is -0.166. The van der Waals surface area contributed by atoms with E-state index in [9.17, 15) is 10.2 Å². The van der Waals surface area contributed by atoms with Crippen LogP contribution in [0.5, 0.6) is 5.75 Å². The number of phenols is 1. The van der Waals surface area contributed by atoms with E-state index in [1.807, 2.05) is 0 Å². The summed E-state index contributed by atoms with van der Waals surface area (Å²) in [4.78, 5) is 0. The SMILES string of the molecule is NCCC(O)c1ccc(O)c(CO)c1. The molecule has 1 aromatic rings. The number of nitrogens with two attached hydrogens (primary N) is 1. The average molecular weight is 197 g/mol. The molecule has 0 aromatic heterocycles. The smallest absolute Gasteiger partial charge is 0.121 e. The summed E-state index contributed by atoms with van der Waals surface area (Å²) >= 11 is 0. The Bertz CT molecular complexity index is 301. The second kappa shape index (κ2) is 4.95. The number of aliphatic hydroxyl groups excluding tert-OH is 2. The van der Waals surface area contributed by atoms with Crippen molar-refractivity contribution in [1.82, 2.24) is 0 Å². The second-order valence-electron chi connectivity index (χ2n) is 3.14. The van der Waals surface area contributed by atoms with Crippen molar-refractivity contribution in [3.05, 3.63) is 29.3 Å². The van der Waals surface area contributed by atoms with E-state index in [4.69, 9.17) is 10.8 Å². The number of hydrogen-bond donors (Lipinski definition) is 4. The molecule has 0 aliphatic carbocycles. The summed E-state index contributed by atoms with van der Waals surface area (Å²) in [5.74, 6) is 0.0381. The van der Waals surface area contributed by atoms with Gasteiger partial charge in [-0.05, 0) is 30.7 Å². The zero-order valence-corrected chi connectivity index (χ0v) is 7.85. The molecular weight excluding hydrogens is 182 g/mol. The number of benzene rings is 1. The summed E-state index contributed by atoms with van der Waals surface area (Å²) in [6, 6.07) is 4.66. The highest BCUT2D eigenvalue weighted by Crippen LogP contribution is 2.23. The topological polar surface area (TPSA) is 86.7 Å². The van der Waals surface area contributed by atoms with Gasteiger partial charge in [0.1, 0.15) is 5.75 Å². The average Bonchev–Trinajstić information content (AvgIpc) is 2.19. The molecule has 0 aliphatic rings. The van der Waals surface area contributed by atoms with Gasteiger partial charge in [0.2, 0.25) is 0 Å². The molecule has 78 valence electrons. The lowest BCUT2D eigenvalue weighted by molar-refractivity contribution is 0.170. The van der Waals surface area contributed by atoms with E-state index < -0.39 is 6.10 Å². The van der Waals surface area contributed by atoms with Gasteiger partial charge < -0.3 is 21.1 Å². The summed E-state index contributed by atoms with van der Waals surface area (Å²) in [5, 5.41) is 27.8. The Morgan fingerprint density at radius 1 is 1.36 bits per heavy atom. The van der Waals surface area contributed by atoms with Crippen LogP contribution in [-0.2, 0) is 6.61 Å². The van der Waals surface area contributed by atoms with Crippen molar-refractivity contribution in [2.24, 2.45) is 5.73 Å². The lowest BCUT2D eigenvalue weighted by Crippen LogP contribution is -2.07. The third-order valence-electron chi connectivity index (χ3n) is 2.10. The highest BCUT2D eigenvalue weighted by Gasteiger charge is 2.08. The van der Waals surface area contributed by atoms with Crippen LogP contribution in [0.4, 0.5) is 0 Å². The third-order valence-corrected chi connectivity index (χ3v) is 2.10. The van der Waals surface area contributed by atoms with Crippen LogP contribution >= 0.6 is 0 Å². The molecule has 0 saturated carbocycles. The molecule has 1 aromatic carbocycles. The Labute approximate surface area is 82.6 Å². The number of aliphatic hydroxyl groups is 2. The van der Waals surface area contributed by atoms with Gasteiger partial charge in [0.25, 0.3) is 0 Å². The third kappa shape index (κ3) is 2.45. The molecular formula is C10H15NO3. The Kier molecular flexibility index (Phi) is 3.88. The van der Waals surface area contributed by atoms with Gasteiger partial charge >= 0.3 is 0 Å². The van der Waals surface area contributed by atoms with Crippen molar-refractivity contribution in [1.29, 1.82) is 0 Å². The van der Waals surface area contributed by atoms with Gasteiger partial charge in [0, 0.05) is 5.56 Å².